The molecule has 3 rings (SSSR count). The standard InChI is InChI=1S/C18H24ClN5/c1-12-9-13(2)17(15(19)10-12)23-18-22-16(11-20-24-18)21-14-7-5-3-4-6-8-14/h9-11,14H,3-8H2,1-2H3,(H2,21,22,23,24). The van der Waals surface area contributed by atoms with Crippen LogP contribution < -0.4 is 10.6 Å². The van der Waals surface area contributed by atoms with Crippen molar-refractivity contribution in [3.63, 3.8) is 0 Å². The SMILES string of the molecule is Cc1cc(C)c(Nc2nncc(NC3CCCCCC3)n2)c(Cl)c1. The highest BCUT2D eigenvalue weighted by Gasteiger charge is 2.14. The maximum Gasteiger partial charge on any atom is 0.249 e. The third-order valence-corrected chi connectivity index (χ3v) is 4.73. The lowest BCUT2D eigenvalue weighted by Gasteiger charge is -2.17. The summed E-state index contributed by atoms with van der Waals surface area (Å²) < 4.78 is 0. The second-order valence-electron chi connectivity index (χ2n) is 6.56. The van der Waals surface area contributed by atoms with E-state index in [2.05, 4.69) is 31.9 Å². The molecule has 5 nitrogen and oxygen atoms in total. The van der Waals surface area contributed by atoms with Gasteiger partial charge in [0.05, 0.1) is 16.9 Å². The molecule has 0 amide bonds. The van der Waals surface area contributed by atoms with E-state index in [1.54, 1.807) is 6.20 Å². The Bertz CT molecular complexity index is 673. The average Bonchev–Trinajstić information content (AvgIpc) is 2.80. The molecule has 1 fully saturated rings. The summed E-state index contributed by atoms with van der Waals surface area (Å²) in [6.07, 6.45) is 9.28. The van der Waals surface area contributed by atoms with E-state index in [4.69, 9.17) is 11.6 Å². The Morgan fingerprint density at radius 2 is 1.83 bits per heavy atom. The molecular weight excluding hydrogens is 322 g/mol. The molecule has 1 aliphatic rings. The third kappa shape index (κ3) is 4.35. The predicted molar refractivity (Wildman–Crippen MR) is 99.1 cm³/mol. The average molecular weight is 346 g/mol. The number of rotatable bonds is 4. The zero-order valence-electron chi connectivity index (χ0n) is 14.3. The van der Waals surface area contributed by atoms with Crippen LogP contribution in [0.5, 0.6) is 0 Å². The maximum atomic E-state index is 6.34. The number of aryl methyl sites for hydroxylation is 2. The molecule has 0 radical (unpaired) electrons. The van der Waals surface area contributed by atoms with E-state index in [1.165, 1.54) is 38.5 Å². The van der Waals surface area contributed by atoms with Crippen LogP contribution >= 0.6 is 11.6 Å². The van der Waals surface area contributed by atoms with Crippen molar-refractivity contribution in [2.24, 2.45) is 0 Å². The normalized spacial score (nSPS) is 15.8. The topological polar surface area (TPSA) is 62.7 Å². The van der Waals surface area contributed by atoms with E-state index in [9.17, 15) is 0 Å². The van der Waals surface area contributed by atoms with Gasteiger partial charge in [-0.2, -0.15) is 10.1 Å². The van der Waals surface area contributed by atoms with Crippen LogP contribution in [0.2, 0.25) is 5.02 Å². The third-order valence-electron chi connectivity index (χ3n) is 4.43. The largest absolute Gasteiger partial charge is 0.366 e. The van der Waals surface area contributed by atoms with Gasteiger partial charge in [-0.25, -0.2) is 0 Å². The van der Waals surface area contributed by atoms with Crippen LogP contribution in [0, 0.1) is 13.8 Å². The molecule has 1 aliphatic carbocycles. The Morgan fingerprint density at radius 1 is 1.08 bits per heavy atom. The summed E-state index contributed by atoms with van der Waals surface area (Å²) in [4.78, 5) is 4.54. The fraction of sp³-hybridized carbons (Fsp3) is 0.500. The predicted octanol–water partition coefficient (Wildman–Crippen LogP) is 5.02. The van der Waals surface area contributed by atoms with Crippen LogP contribution in [0.1, 0.15) is 49.7 Å². The zero-order valence-corrected chi connectivity index (χ0v) is 15.0. The monoisotopic (exact) mass is 345 g/mol. The van der Waals surface area contributed by atoms with Crippen LogP contribution in [-0.4, -0.2) is 21.2 Å². The van der Waals surface area contributed by atoms with Gasteiger partial charge in [0.25, 0.3) is 0 Å². The molecule has 0 atom stereocenters. The van der Waals surface area contributed by atoms with Crippen molar-refractivity contribution in [2.75, 3.05) is 10.6 Å². The first-order valence-corrected chi connectivity index (χ1v) is 8.99. The lowest BCUT2D eigenvalue weighted by molar-refractivity contribution is 0.617. The van der Waals surface area contributed by atoms with Crippen molar-refractivity contribution >= 4 is 29.1 Å². The van der Waals surface area contributed by atoms with Gasteiger partial charge >= 0.3 is 0 Å². The quantitative estimate of drug-likeness (QED) is 0.762. The lowest BCUT2D eigenvalue weighted by atomic mass is 10.1. The molecule has 1 saturated carbocycles. The van der Waals surface area contributed by atoms with E-state index in [0.29, 0.717) is 17.0 Å². The van der Waals surface area contributed by atoms with Gasteiger partial charge in [-0.15, -0.1) is 5.10 Å². The molecule has 2 aromatic rings. The molecule has 0 bridgehead atoms. The number of nitrogens with one attached hydrogen (secondary N) is 2. The van der Waals surface area contributed by atoms with E-state index in [-0.39, 0.29) is 0 Å². The fourth-order valence-corrected chi connectivity index (χ4v) is 3.61. The number of nitrogens with zero attached hydrogens (tertiary/aromatic N) is 3. The molecule has 128 valence electrons. The van der Waals surface area contributed by atoms with Gasteiger partial charge in [-0.1, -0.05) is 43.4 Å². The van der Waals surface area contributed by atoms with E-state index in [1.807, 2.05) is 19.9 Å². The van der Waals surface area contributed by atoms with Gasteiger partial charge in [0, 0.05) is 6.04 Å². The summed E-state index contributed by atoms with van der Waals surface area (Å²) in [7, 11) is 0. The number of aromatic nitrogens is 3. The van der Waals surface area contributed by atoms with Crippen molar-refractivity contribution in [1.29, 1.82) is 0 Å². The van der Waals surface area contributed by atoms with Crippen LogP contribution in [0.3, 0.4) is 0 Å². The first-order valence-electron chi connectivity index (χ1n) is 8.62. The summed E-state index contributed by atoms with van der Waals surface area (Å²) in [5.74, 6) is 1.22. The molecule has 2 N–H and O–H groups in total. The number of hydrogen-bond acceptors (Lipinski definition) is 5. The van der Waals surface area contributed by atoms with Gasteiger partial charge in [0.2, 0.25) is 5.95 Å². The van der Waals surface area contributed by atoms with Crippen LogP contribution in [0.25, 0.3) is 0 Å². The van der Waals surface area contributed by atoms with E-state index >= 15 is 0 Å². The maximum absolute atomic E-state index is 6.34. The van der Waals surface area contributed by atoms with Crippen LogP contribution in [-0.2, 0) is 0 Å². The molecular formula is C18H24ClN5. The minimum Gasteiger partial charge on any atom is -0.366 e. The summed E-state index contributed by atoms with van der Waals surface area (Å²) >= 11 is 6.34. The van der Waals surface area contributed by atoms with Gasteiger partial charge in [-0.05, 0) is 43.9 Å². The highest BCUT2D eigenvalue weighted by Crippen LogP contribution is 2.29. The van der Waals surface area contributed by atoms with Crippen LogP contribution in [0.4, 0.5) is 17.5 Å². The summed E-state index contributed by atoms with van der Waals surface area (Å²) in [6.45, 7) is 4.04. The highest BCUT2D eigenvalue weighted by atomic mass is 35.5. The molecule has 0 spiro atoms. The van der Waals surface area contributed by atoms with Crippen molar-refractivity contribution < 1.29 is 0 Å². The number of anilines is 3. The molecule has 6 heteroatoms. The Kier molecular flexibility index (Phi) is 5.51. The Balaban J connectivity index is 1.73. The first-order chi connectivity index (χ1) is 11.6. The highest BCUT2D eigenvalue weighted by molar-refractivity contribution is 6.33. The van der Waals surface area contributed by atoms with Crippen molar-refractivity contribution in [3.8, 4) is 0 Å². The molecule has 1 aromatic carbocycles. The minimum absolute atomic E-state index is 0.461. The first kappa shape index (κ1) is 17.0. The minimum atomic E-state index is 0.461. The summed E-state index contributed by atoms with van der Waals surface area (Å²) in [6, 6.07) is 4.48. The fourth-order valence-electron chi connectivity index (χ4n) is 3.24. The van der Waals surface area contributed by atoms with Gasteiger partial charge in [-0.3, -0.25) is 0 Å². The summed E-state index contributed by atoms with van der Waals surface area (Å²) in [5, 5.41) is 15.5. The van der Waals surface area contributed by atoms with Gasteiger partial charge < -0.3 is 10.6 Å². The number of benzene rings is 1. The second-order valence-corrected chi connectivity index (χ2v) is 6.97. The van der Waals surface area contributed by atoms with Crippen molar-refractivity contribution in [3.05, 3.63) is 34.5 Å². The number of hydrogen-bond donors (Lipinski definition) is 2. The van der Waals surface area contributed by atoms with E-state index < -0.39 is 0 Å². The van der Waals surface area contributed by atoms with Crippen molar-refractivity contribution in [1.82, 2.24) is 15.2 Å². The van der Waals surface area contributed by atoms with Crippen LogP contribution in [0.15, 0.2) is 18.3 Å². The molecule has 1 heterocycles. The second kappa shape index (κ2) is 7.79. The Morgan fingerprint density at radius 3 is 2.54 bits per heavy atom. The molecule has 0 aliphatic heterocycles. The zero-order chi connectivity index (χ0) is 16.9. The van der Waals surface area contributed by atoms with Gasteiger partial charge in [0.1, 0.15) is 0 Å². The lowest BCUT2D eigenvalue weighted by Crippen LogP contribution is -2.19. The molecule has 24 heavy (non-hydrogen) atoms. The number of halogens is 1. The van der Waals surface area contributed by atoms with Gasteiger partial charge in [0.15, 0.2) is 5.82 Å². The summed E-state index contributed by atoms with van der Waals surface area (Å²) in [5.41, 5.74) is 3.02. The Labute approximate surface area is 148 Å². The molecule has 1 aromatic heterocycles. The van der Waals surface area contributed by atoms with Crippen molar-refractivity contribution in [2.45, 2.75) is 58.4 Å². The smallest absolute Gasteiger partial charge is 0.249 e. The Hall–Kier alpha value is -1.88. The van der Waals surface area contributed by atoms with E-state index in [0.717, 1.165) is 22.6 Å². The molecule has 0 saturated heterocycles. The molecule has 0 unspecified atom stereocenters.